The number of nitrogens with two attached hydrogens (primary N) is 1. The van der Waals surface area contributed by atoms with Gasteiger partial charge in [-0.1, -0.05) is 13.8 Å². The summed E-state index contributed by atoms with van der Waals surface area (Å²) >= 11 is 0. The molecule has 0 aliphatic rings. The van der Waals surface area contributed by atoms with Crippen LogP contribution in [-0.2, 0) is 4.79 Å². The summed E-state index contributed by atoms with van der Waals surface area (Å²) in [6.07, 6.45) is 4.15. The summed E-state index contributed by atoms with van der Waals surface area (Å²) < 4.78 is 0. The Kier molecular flexibility index (Phi) is 9.02. The fraction of sp³-hybridized carbons (Fsp3) is 0.933. The van der Waals surface area contributed by atoms with Gasteiger partial charge in [0, 0.05) is 6.04 Å². The lowest BCUT2D eigenvalue weighted by molar-refractivity contribution is -0.124. The van der Waals surface area contributed by atoms with Crippen molar-refractivity contribution < 1.29 is 4.79 Å². The highest BCUT2D eigenvalue weighted by molar-refractivity contribution is 5.84. The molecule has 4 heteroatoms. The third-order valence-electron chi connectivity index (χ3n) is 3.54. The maximum Gasteiger partial charge on any atom is 0.237 e. The van der Waals surface area contributed by atoms with Crippen molar-refractivity contribution in [1.82, 2.24) is 10.2 Å². The van der Waals surface area contributed by atoms with E-state index in [-0.39, 0.29) is 11.9 Å². The Hall–Kier alpha value is -0.610. The SMILES string of the molecule is CCCN(CC)CCCCC(C)(NC(C)C)C(N)=O. The van der Waals surface area contributed by atoms with Crippen LogP contribution in [0.4, 0.5) is 0 Å². The van der Waals surface area contributed by atoms with E-state index in [1.807, 2.05) is 20.8 Å². The Morgan fingerprint density at radius 3 is 2.32 bits per heavy atom. The van der Waals surface area contributed by atoms with Crippen LogP contribution in [0, 0.1) is 0 Å². The molecule has 0 saturated heterocycles. The molecule has 0 aliphatic heterocycles. The van der Waals surface area contributed by atoms with Crippen LogP contribution in [0.15, 0.2) is 0 Å². The number of rotatable bonds is 11. The van der Waals surface area contributed by atoms with Gasteiger partial charge >= 0.3 is 0 Å². The summed E-state index contributed by atoms with van der Waals surface area (Å²) in [5.41, 5.74) is 4.95. The Balaban J connectivity index is 4.10. The van der Waals surface area contributed by atoms with Crippen LogP contribution in [0.2, 0.25) is 0 Å². The number of nitrogens with one attached hydrogen (secondary N) is 1. The van der Waals surface area contributed by atoms with Crippen molar-refractivity contribution in [2.24, 2.45) is 5.73 Å². The molecule has 0 bridgehead atoms. The third-order valence-corrected chi connectivity index (χ3v) is 3.54. The first kappa shape index (κ1) is 18.4. The van der Waals surface area contributed by atoms with E-state index in [1.165, 1.54) is 6.42 Å². The van der Waals surface area contributed by atoms with Crippen molar-refractivity contribution in [1.29, 1.82) is 0 Å². The maximum absolute atomic E-state index is 11.6. The van der Waals surface area contributed by atoms with E-state index >= 15 is 0 Å². The van der Waals surface area contributed by atoms with E-state index in [9.17, 15) is 4.79 Å². The number of amides is 1. The molecule has 3 N–H and O–H groups in total. The first-order valence-electron chi connectivity index (χ1n) is 7.65. The smallest absolute Gasteiger partial charge is 0.237 e. The zero-order valence-corrected chi connectivity index (χ0v) is 13.5. The van der Waals surface area contributed by atoms with Gasteiger partial charge < -0.3 is 16.0 Å². The molecule has 1 amide bonds. The van der Waals surface area contributed by atoms with Crippen LogP contribution < -0.4 is 11.1 Å². The van der Waals surface area contributed by atoms with Crippen molar-refractivity contribution in [3.63, 3.8) is 0 Å². The first-order chi connectivity index (χ1) is 8.85. The van der Waals surface area contributed by atoms with Crippen LogP contribution in [-0.4, -0.2) is 42.0 Å². The van der Waals surface area contributed by atoms with Crippen LogP contribution >= 0.6 is 0 Å². The van der Waals surface area contributed by atoms with E-state index in [1.54, 1.807) is 0 Å². The van der Waals surface area contributed by atoms with Gasteiger partial charge in [0.05, 0.1) is 5.54 Å². The zero-order valence-electron chi connectivity index (χ0n) is 13.5. The van der Waals surface area contributed by atoms with E-state index < -0.39 is 5.54 Å². The second kappa shape index (κ2) is 9.32. The number of carbonyl (C=O) groups excluding carboxylic acids is 1. The molecule has 0 aromatic carbocycles. The molecule has 0 aromatic heterocycles. The number of carbonyl (C=O) groups is 1. The molecular formula is C15H33N3O. The van der Waals surface area contributed by atoms with E-state index in [4.69, 9.17) is 5.73 Å². The van der Waals surface area contributed by atoms with Gasteiger partial charge in [-0.2, -0.15) is 0 Å². The van der Waals surface area contributed by atoms with Gasteiger partial charge in [0.1, 0.15) is 0 Å². The number of hydrogen-bond acceptors (Lipinski definition) is 3. The van der Waals surface area contributed by atoms with Gasteiger partial charge in [0.15, 0.2) is 0 Å². The molecule has 0 saturated carbocycles. The summed E-state index contributed by atoms with van der Waals surface area (Å²) in [4.78, 5) is 14.0. The van der Waals surface area contributed by atoms with E-state index in [0.717, 1.165) is 38.9 Å². The van der Waals surface area contributed by atoms with Crippen molar-refractivity contribution in [3.8, 4) is 0 Å². The van der Waals surface area contributed by atoms with Crippen LogP contribution in [0.3, 0.4) is 0 Å². The lowest BCUT2D eigenvalue weighted by atomic mass is 9.93. The van der Waals surface area contributed by atoms with E-state index in [0.29, 0.717) is 0 Å². The molecular weight excluding hydrogens is 238 g/mol. The highest BCUT2D eigenvalue weighted by atomic mass is 16.1. The summed E-state index contributed by atoms with van der Waals surface area (Å²) in [5.74, 6) is -0.248. The topological polar surface area (TPSA) is 58.4 Å². The molecule has 0 aliphatic carbocycles. The predicted octanol–water partition coefficient (Wildman–Crippen LogP) is 2.13. The highest BCUT2D eigenvalue weighted by Crippen LogP contribution is 2.15. The highest BCUT2D eigenvalue weighted by Gasteiger charge is 2.30. The minimum Gasteiger partial charge on any atom is -0.368 e. The predicted molar refractivity (Wildman–Crippen MR) is 82.1 cm³/mol. The molecule has 19 heavy (non-hydrogen) atoms. The van der Waals surface area contributed by atoms with Gasteiger partial charge in [-0.3, -0.25) is 4.79 Å². The second-order valence-corrected chi connectivity index (χ2v) is 5.89. The summed E-state index contributed by atoms with van der Waals surface area (Å²) in [6, 6.07) is 0.268. The lowest BCUT2D eigenvalue weighted by Gasteiger charge is -2.30. The van der Waals surface area contributed by atoms with E-state index in [2.05, 4.69) is 24.1 Å². The van der Waals surface area contributed by atoms with Crippen molar-refractivity contribution >= 4 is 5.91 Å². The largest absolute Gasteiger partial charge is 0.368 e. The standard InChI is InChI=1S/C15H33N3O/c1-6-11-18(7-2)12-9-8-10-15(5,14(16)19)17-13(3)4/h13,17H,6-12H2,1-5H3,(H2,16,19). The van der Waals surface area contributed by atoms with Gasteiger partial charge in [-0.15, -0.1) is 0 Å². The van der Waals surface area contributed by atoms with Crippen molar-refractivity contribution in [3.05, 3.63) is 0 Å². The third kappa shape index (κ3) is 7.53. The number of unbranched alkanes of at least 4 members (excludes halogenated alkanes) is 1. The Morgan fingerprint density at radius 2 is 1.89 bits per heavy atom. The van der Waals surface area contributed by atoms with Crippen LogP contribution in [0.5, 0.6) is 0 Å². The Labute approximate surface area is 119 Å². The molecule has 4 nitrogen and oxygen atoms in total. The fourth-order valence-corrected chi connectivity index (χ4v) is 2.46. The number of nitrogens with zero attached hydrogens (tertiary/aromatic N) is 1. The first-order valence-corrected chi connectivity index (χ1v) is 7.65. The summed E-state index contributed by atoms with van der Waals surface area (Å²) in [7, 11) is 0. The Morgan fingerprint density at radius 1 is 1.26 bits per heavy atom. The molecule has 0 radical (unpaired) electrons. The van der Waals surface area contributed by atoms with Gasteiger partial charge in [-0.25, -0.2) is 0 Å². The number of primary amides is 1. The fourth-order valence-electron chi connectivity index (χ4n) is 2.46. The van der Waals surface area contributed by atoms with Gasteiger partial charge in [0.25, 0.3) is 0 Å². The molecule has 1 atom stereocenters. The normalized spacial score (nSPS) is 14.9. The zero-order chi connectivity index (χ0) is 14.9. The van der Waals surface area contributed by atoms with Crippen LogP contribution in [0.25, 0.3) is 0 Å². The van der Waals surface area contributed by atoms with Gasteiger partial charge in [0.2, 0.25) is 5.91 Å². The number of hydrogen-bond donors (Lipinski definition) is 2. The molecule has 0 heterocycles. The van der Waals surface area contributed by atoms with Crippen molar-refractivity contribution in [2.75, 3.05) is 19.6 Å². The Bertz CT molecular complexity index is 256. The quantitative estimate of drug-likeness (QED) is 0.566. The summed E-state index contributed by atoms with van der Waals surface area (Å²) in [5, 5.41) is 3.29. The maximum atomic E-state index is 11.6. The molecule has 0 aromatic rings. The van der Waals surface area contributed by atoms with Crippen molar-refractivity contribution in [2.45, 2.75) is 71.9 Å². The van der Waals surface area contributed by atoms with Gasteiger partial charge in [-0.05, 0) is 66.1 Å². The van der Waals surface area contributed by atoms with Crippen LogP contribution in [0.1, 0.15) is 60.3 Å². The summed E-state index contributed by atoms with van der Waals surface area (Å²) in [6.45, 7) is 13.8. The minimum atomic E-state index is -0.573. The second-order valence-electron chi connectivity index (χ2n) is 5.89. The molecule has 0 fully saturated rings. The monoisotopic (exact) mass is 271 g/mol. The molecule has 1 unspecified atom stereocenters. The lowest BCUT2D eigenvalue weighted by Crippen LogP contribution is -2.55. The molecule has 0 spiro atoms. The average molecular weight is 271 g/mol. The molecule has 114 valence electrons. The average Bonchev–Trinajstić information content (AvgIpc) is 2.32. The minimum absolute atomic E-state index is 0.248. The molecule has 0 rings (SSSR count).